The van der Waals surface area contributed by atoms with E-state index in [-0.39, 0.29) is 30.1 Å². The molecule has 7 nitrogen and oxygen atoms in total. The van der Waals surface area contributed by atoms with Crippen LogP contribution in [0.3, 0.4) is 0 Å². The summed E-state index contributed by atoms with van der Waals surface area (Å²) in [7, 11) is 0. The highest BCUT2D eigenvalue weighted by atomic mass is 32.1. The Kier molecular flexibility index (Phi) is 10.9. The van der Waals surface area contributed by atoms with Crippen molar-refractivity contribution in [1.82, 2.24) is 5.32 Å². The van der Waals surface area contributed by atoms with Gasteiger partial charge in [-0.25, -0.2) is 0 Å². The second-order valence-electron chi connectivity index (χ2n) is 7.62. The van der Waals surface area contributed by atoms with Gasteiger partial charge in [-0.1, -0.05) is 30.3 Å². The van der Waals surface area contributed by atoms with Crippen LogP contribution in [0.2, 0.25) is 0 Å². The SMILES string of the molecule is CCO[C@H]1OC(C(=O)NCc2ccccc2)=C[C@@H](c2ccsc2)[C@H]1CCOCCOCCO. The van der Waals surface area contributed by atoms with Gasteiger partial charge in [-0.05, 0) is 47.4 Å². The summed E-state index contributed by atoms with van der Waals surface area (Å²) in [6.45, 7) is 4.56. The van der Waals surface area contributed by atoms with E-state index in [0.29, 0.717) is 46.0 Å². The van der Waals surface area contributed by atoms with Crippen LogP contribution < -0.4 is 5.32 Å². The Bertz CT molecular complexity index is 842. The molecule has 0 saturated carbocycles. The first-order valence-electron chi connectivity index (χ1n) is 11.3. The van der Waals surface area contributed by atoms with Crippen molar-refractivity contribution in [3.63, 3.8) is 0 Å². The number of thiophene rings is 1. The van der Waals surface area contributed by atoms with Crippen LogP contribution in [-0.4, -0.2) is 56.9 Å². The summed E-state index contributed by atoms with van der Waals surface area (Å²) in [4.78, 5) is 12.9. The number of carbonyl (C=O) groups excluding carboxylic acids is 1. The van der Waals surface area contributed by atoms with Crippen molar-refractivity contribution >= 4 is 17.2 Å². The Hall–Kier alpha value is -2.23. The number of benzene rings is 1. The molecular formula is C25H33NO6S. The molecule has 8 heteroatoms. The number of aliphatic hydroxyl groups excluding tert-OH is 1. The number of aliphatic hydroxyl groups is 1. The van der Waals surface area contributed by atoms with Crippen LogP contribution in [-0.2, 0) is 30.3 Å². The average molecular weight is 476 g/mol. The molecule has 0 fully saturated rings. The maximum Gasteiger partial charge on any atom is 0.286 e. The van der Waals surface area contributed by atoms with Gasteiger partial charge < -0.3 is 29.4 Å². The Balaban J connectivity index is 1.67. The van der Waals surface area contributed by atoms with Crippen LogP contribution in [0.5, 0.6) is 0 Å². The van der Waals surface area contributed by atoms with Gasteiger partial charge in [0.25, 0.3) is 5.91 Å². The summed E-state index contributed by atoms with van der Waals surface area (Å²) in [5.41, 5.74) is 2.16. The molecule has 0 unspecified atom stereocenters. The second kappa shape index (κ2) is 14.1. The summed E-state index contributed by atoms with van der Waals surface area (Å²) >= 11 is 1.63. The van der Waals surface area contributed by atoms with Crippen molar-refractivity contribution in [3.05, 3.63) is 70.1 Å². The van der Waals surface area contributed by atoms with Crippen molar-refractivity contribution in [1.29, 1.82) is 0 Å². The van der Waals surface area contributed by atoms with Gasteiger partial charge in [0.15, 0.2) is 5.76 Å². The first kappa shape index (κ1) is 25.4. The fourth-order valence-electron chi connectivity index (χ4n) is 3.75. The van der Waals surface area contributed by atoms with E-state index >= 15 is 0 Å². The van der Waals surface area contributed by atoms with Gasteiger partial charge in [0.1, 0.15) is 0 Å². The van der Waals surface area contributed by atoms with Gasteiger partial charge in [0.05, 0.1) is 26.4 Å². The van der Waals surface area contributed by atoms with Gasteiger partial charge in [-0.15, -0.1) is 0 Å². The van der Waals surface area contributed by atoms with E-state index in [1.807, 2.05) is 48.7 Å². The number of hydrogen-bond donors (Lipinski definition) is 2. The summed E-state index contributed by atoms with van der Waals surface area (Å²) in [6, 6.07) is 11.9. The smallest absolute Gasteiger partial charge is 0.286 e. The molecule has 1 aromatic carbocycles. The maximum atomic E-state index is 12.9. The predicted molar refractivity (Wildman–Crippen MR) is 127 cm³/mol. The van der Waals surface area contributed by atoms with Crippen molar-refractivity contribution in [2.75, 3.05) is 39.6 Å². The van der Waals surface area contributed by atoms with Gasteiger partial charge >= 0.3 is 0 Å². The minimum atomic E-state index is -0.545. The second-order valence-corrected chi connectivity index (χ2v) is 8.40. The fourth-order valence-corrected chi connectivity index (χ4v) is 4.46. The number of hydrogen-bond acceptors (Lipinski definition) is 7. The molecule has 1 amide bonds. The highest BCUT2D eigenvalue weighted by Gasteiger charge is 2.38. The van der Waals surface area contributed by atoms with Gasteiger partial charge in [0.2, 0.25) is 6.29 Å². The largest absolute Gasteiger partial charge is 0.459 e. The first-order valence-corrected chi connectivity index (χ1v) is 12.3. The molecule has 1 aromatic heterocycles. The van der Waals surface area contributed by atoms with Crippen LogP contribution in [0, 0.1) is 5.92 Å². The molecule has 33 heavy (non-hydrogen) atoms. The van der Waals surface area contributed by atoms with Crippen molar-refractivity contribution in [2.24, 2.45) is 5.92 Å². The first-order chi connectivity index (χ1) is 16.2. The molecule has 3 atom stereocenters. The molecule has 2 N–H and O–H groups in total. The summed E-state index contributed by atoms with van der Waals surface area (Å²) < 4.78 is 22.9. The van der Waals surface area contributed by atoms with Crippen LogP contribution >= 0.6 is 11.3 Å². The Morgan fingerprint density at radius 3 is 2.61 bits per heavy atom. The fraction of sp³-hybridized carbons (Fsp3) is 0.480. The molecule has 1 aliphatic rings. The summed E-state index contributed by atoms with van der Waals surface area (Å²) in [5, 5.41) is 15.9. The standard InChI is InChI=1S/C25H33NO6S/c1-2-31-25-21(8-11-29-13-14-30-12-10-27)22(20-9-15-33-18-20)16-23(32-25)24(28)26-17-19-6-4-3-5-7-19/h3-7,9,15-16,18,21-22,25,27H,2,8,10-14,17H2,1H3,(H,26,28)/t21-,22+,25+/m1/s1. The van der Waals surface area contributed by atoms with Crippen molar-refractivity contribution in [2.45, 2.75) is 32.1 Å². The summed E-state index contributed by atoms with van der Waals surface area (Å²) in [5.74, 6) is 0.0199. The Morgan fingerprint density at radius 1 is 1.12 bits per heavy atom. The van der Waals surface area contributed by atoms with E-state index in [1.54, 1.807) is 11.3 Å². The monoisotopic (exact) mass is 475 g/mol. The highest BCUT2D eigenvalue weighted by molar-refractivity contribution is 7.08. The molecule has 180 valence electrons. The lowest BCUT2D eigenvalue weighted by atomic mass is 9.82. The zero-order valence-electron chi connectivity index (χ0n) is 19.0. The number of nitrogens with one attached hydrogen (secondary N) is 1. The molecule has 0 spiro atoms. The van der Waals surface area contributed by atoms with E-state index in [9.17, 15) is 4.79 Å². The quantitative estimate of drug-likeness (QED) is 0.407. The van der Waals surface area contributed by atoms with E-state index in [0.717, 1.165) is 11.1 Å². The lowest BCUT2D eigenvalue weighted by molar-refractivity contribution is -0.168. The molecule has 0 radical (unpaired) electrons. The molecule has 0 saturated heterocycles. The van der Waals surface area contributed by atoms with Crippen molar-refractivity contribution in [3.8, 4) is 0 Å². The minimum absolute atomic E-state index is 0.00332. The molecule has 1 aliphatic heterocycles. The number of allylic oxidation sites excluding steroid dienone is 1. The number of carbonyl (C=O) groups is 1. The van der Waals surface area contributed by atoms with Crippen molar-refractivity contribution < 1.29 is 28.8 Å². The van der Waals surface area contributed by atoms with Crippen LogP contribution in [0.4, 0.5) is 0 Å². The lowest BCUT2D eigenvalue weighted by Crippen LogP contribution is -2.39. The number of rotatable bonds is 14. The van der Waals surface area contributed by atoms with Gasteiger partial charge in [-0.2, -0.15) is 11.3 Å². The highest BCUT2D eigenvalue weighted by Crippen LogP contribution is 2.39. The zero-order valence-corrected chi connectivity index (χ0v) is 19.8. The van der Waals surface area contributed by atoms with Gasteiger partial charge in [-0.3, -0.25) is 4.79 Å². The van der Waals surface area contributed by atoms with Crippen LogP contribution in [0.15, 0.2) is 59.0 Å². The number of ether oxygens (including phenoxy) is 4. The molecule has 0 aliphatic carbocycles. The lowest BCUT2D eigenvalue weighted by Gasteiger charge is -2.36. The number of amides is 1. The van der Waals surface area contributed by atoms with Crippen LogP contribution in [0.1, 0.15) is 30.4 Å². The Morgan fingerprint density at radius 2 is 1.91 bits per heavy atom. The van der Waals surface area contributed by atoms with Gasteiger partial charge in [0, 0.05) is 31.6 Å². The summed E-state index contributed by atoms with van der Waals surface area (Å²) in [6.07, 6.45) is 2.07. The maximum absolute atomic E-state index is 12.9. The van der Waals surface area contributed by atoms with Crippen LogP contribution in [0.25, 0.3) is 0 Å². The third kappa shape index (κ3) is 7.94. The normalized spacial score (nSPS) is 20.2. The topological polar surface area (TPSA) is 86.3 Å². The van der Waals surface area contributed by atoms with E-state index in [4.69, 9.17) is 24.1 Å². The van der Waals surface area contributed by atoms with E-state index < -0.39 is 6.29 Å². The minimum Gasteiger partial charge on any atom is -0.459 e. The molecule has 0 bridgehead atoms. The van der Waals surface area contributed by atoms with E-state index in [2.05, 4.69) is 16.8 Å². The Labute approximate surface area is 199 Å². The van der Waals surface area contributed by atoms with E-state index in [1.165, 1.54) is 0 Å². The zero-order chi connectivity index (χ0) is 23.3. The molecular weight excluding hydrogens is 442 g/mol. The average Bonchev–Trinajstić information content (AvgIpc) is 3.38. The third-order valence-corrected chi connectivity index (χ3v) is 6.07. The molecule has 3 rings (SSSR count). The third-order valence-electron chi connectivity index (χ3n) is 5.37. The molecule has 2 heterocycles. The predicted octanol–water partition coefficient (Wildman–Crippen LogP) is 3.46. The molecule has 2 aromatic rings.